The molecule has 0 aromatic carbocycles. The van der Waals surface area contributed by atoms with Crippen LogP contribution in [0, 0.1) is 0 Å². The van der Waals surface area contributed by atoms with Crippen LogP contribution in [0.4, 0.5) is 0 Å². The third kappa shape index (κ3) is 2.59. The van der Waals surface area contributed by atoms with E-state index in [2.05, 4.69) is 45.9 Å². The van der Waals surface area contributed by atoms with Gasteiger partial charge in [-0.15, -0.1) is 0 Å². The van der Waals surface area contributed by atoms with Gasteiger partial charge in [0, 0.05) is 8.88 Å². The van der Waals surface area contributed by atoms with E-state index in [1.807, 2.05) is 0 Å². The molecule has 1 heterocycles. The molecule has 0 aromatic rings. The molecule has 0 spiro atoms. The Hall–Kier alpha value is 1.90. The molecule has 0 N–H and O–H groups in total. The molecule has 0 atom stereocenters. The van der Waals surface area contributed by atoms with E-state index in [0.717, 1.165) is 0 Å². The first kappa shape index (κ1) is 14.0. The summed E-state index contributed by atoms with van der Waals surface area (Å²) in [6.45, 7) is 14.0. The zero-order chi connectivity index (χ0) is 11.4. The smallest absolute Gasteiger partial charge is 0.386 e. The van der Waals surface area contributed by atoms with Gasteiger partial charge in [-0.1, -0.05) is 39.3 Å². The van der Waals surface area contributed by atoms with Gasteiger partial charge < -0.3 is 26.7 Å². The fourth-order valence-electron chi connectivity index (χ4n) is 1.64. The first-order chi connectivity index (χ1) is 5.97. The Bertz CT molecular complexity index is 219. The topological polar surface area (TPSA) is 6.48 Å². The third-order valence-corrected chi connectivity index (χ3v) is 29.8. The van der Waals surface area contributed by atoms with Crippen LogP contribution in [0.5, 0.6) is 0 Å². The van der Waals surface area contributed by atoms with Crippen LogP contribution in [0.25, 0.3) is 0 Å². The fraction of sp³-hybridized carbons (Fsp3) is 1.00. The van der Waals surface area contributed by atoms with Gasteiger partial charge in [0.25, 0.3) is 0 Å². The zero-order valence-corrected chi connectivity index (χ0v) is 15.6. The molecule has 1 fully saturated rings. The summed E-state index contributed by atoms with van der Waals surface area (Å²) in [4.78, 5) is 0. The van der Waals surface area contributed by atoms with Gasteiger partial charge in [0.2, 0.25) is 0 Å². The number of hydrogen-bond donors (Lipinski definition) is 0. The van der Waals surface area contributed by atoms with Crippen LogP contribution in [-0.2, 0) is 0 Å². The van der Waals surface area contributed by atoms with Crippen molar-refractivity contribution in [3.8, 4) is 0 Å². The van der Waals surface area contributed by atoms with Crippen LogP contribution in [-0.4, -0.2) is 34.8 Å². The van der Waals surface area contributed by atoms with Crippen LogP contribution < -0.4 is 0 Å². The van der Waals surface area contributed by atoms with Crippen LogP contribution >= 0.6 is 29.0 Å². The molecule has 0 aromatic heterocycles. The minimum atomic E-state index is -2.51. The number of nitrogens with zero attached hydrogens (tertiary/aromatic N) is 2. The quantitative estimate of drug-likeness (QED) is 0.570. The van der Waals surface area contributed by atoms with Gasteiger partial charge in [-0.3, -0.25) is 0 Å². The van der Waals surface area contributed by atoms with Crippen molar-refractivity contribution >= 4 is 57.1 Å². The van der Waals surface area contributed by atoms with E-state index in [1.165, 1.54) is 0 Å². The molecule has 0 aliphatic carbocycles. The van der Waals surface area contributed by atoms with Gasteiger partial charge in [0.1, 0.15) is 16.5 Å². The number of hydrogen-bond acceptors (Lipinski definition) is 2. The first-order valence-electron chi connectivity index (χ1n) is 4.92. The Balaban J connectivity index is 2.79. The lowest BCUT2D eigenvalue weighted by Gasteiger charge is -2.61. The maximum Gasteiger partial charge on any atom is 0.601 e. The summed E-state index contributed by atoms with van der Waals surface area (Å²) >= 11 is -2.51. The molecule has 0 saturated carbocycles. The lowest BCUT2D eigenvalue weighted by atomic mass is 11.8. The second-order valence-corrected chi connectivity index (χ2v) is 26.8. The van der Waals surface area contributed by atoms with Crippen LogP contribution in [0.2, 0.25) is 39.3 Å². The summed E-state index contributed by atoms with van der Waals surface area (Å²) in [5.41, 5.74) is 0. The summed E-state index contributed by atoms with van der Waals surface area (Å²) in [5, 5.41) is 0. The second-order valence-electron chi connectivity index (χ2n) is 5.86. The first-order valence-corrected chi connectivity index (χ1v) is 17.4. The standard InChI is InChI=1S/C6H20N2PSi2.Al.2ClH/c1-10(2,3)7-9-8-11(4,5)6;;;/h9H2,1-6H3;;2*1H/q-1;+3;;/p-2. The molecule has 84 valence electrons. The molecule has 1 rings (SSSR count). The highest BCUT2D eigenvalue weighted by Gasteiger charge is 2.63. The zero-order valence-electron chi connectivity index (χ0n) is 9.81. The second kappa shape index (κ2) is 3.98. The molecule has 0 bridgehead atoms. The molecule has 2 nitrogen and oxygen atoms in total. The molecule has 0 radical (unpaired) electrons. The van der Waals surface area contributed by atoms with E-state index >= 15 is 0 Å². The van der Waals surface area contributed by atoms with Gasteiger partial charge >= 0.3 is 11.7 Å². The minimum absolute atomic E-state index is 0.239. The fourth-order valence-corrected chi connectivity index (χ4v) is 30.5. The van der Waals surface area contributed by atoms with E-state index < -0.39 is 28.1 Å². The molecule has 1 aliphatic heterocycles. The molecule has 0 amide bonds. The molecule has 1 saturated heterocycles. The Kier molecular flexibility index (Phi) is 3.96. The maximum absolute atomic E-state index is 6.58. The molecule has 0 unspecified atom stereocenters. The van der Waals surface area contributed by atoms with Crippen LogP contribution in [0.3, 0.4) is 0 Å². The van der Waals surface area contributed by atoms with Crippen molar-refractivity contribution in [3.05, 3.63) is 0 Å². The summed E-state index contributed by atoms with van der Waals surface area (Å²) in [6, 6.07) is 0. The van der Waals surface area contributed by atoms with Gasteiger partial charge in [0.05, 0.1) is 0 Å². The lowest BCUT2D eigenvalue weighted by molar-refractivity contribution is 0.784. The average molecular weight is 305 g/mol. The SMILES string of the molecule is C[Si](C)(C)[N]1[PH2+][N]([Si](C)(C)C)[Al-]1([Cl])[Cl]. The maximum atomic E-state index is 6.58. The monoisotopic (exact) mass is 304 g/mol. The molecular weight excluding hydrogens is 285 g/mol. The average Bonchev–Trinajstić information content (AvgIpc) is 1.77. The largest absolute Gasteiger partial charge is 0.601 e. The van der Waals surface area contributed by atoms with Crippen molar-refractivity contribution in [2.24, 2.45) is 0 Å². The van der Waals surface area contributed by atoms with Crippen LogP contribution in [0.15, 0.2) is 0 Å². The summed E-state index contributed by atoms with van der Waals surface area (Å²) < 4.78 is 5.00. The molecule has 14 heavy (non-hydrogen) atoms. The minimum Gasteiger partial charge on any atom is -0.386 e. The molecular formula is C6H20AlCl2N2PSi2. The van der Waals surface area contributed by atoms with Crippen molar-refractivity contribution in [3.63, 3.8) is 0 Å². The van der Waals surface area contributed by atoms with Crippen molar-refractivity contribution < 1.29 is 0 Å². The summed E-state index contributed by atoms with van der Waals surface area (Å²) in [5.74, 6) is 0. The Morgan fingerprint density at radius 2 is 1.14 bits per heavy atom. The summed E-state index contributed by atoms with van der Waals surface area (Å²) in [6.07, 6.45) is 0. The Labute approximate surface area is 103 Å². The van der Waals surface area contributed by atoms with Crippen molar-refractivity contribution in [1.29, 1.82) is 0 Å². The van der Waals surface area contributed by atoms with Crippen molar-refractivity contribution in [2.45, 2.75) is 39.3 Å². The van der Waals surface area contributed by atoms with Gasteiger partial charge in [0.15, 0.2) is 0 Å². The Morgan fingerprint density at radius 3 is 1.29 bits per heavy atom. The third-order valence-electron chi connectivity index (χ3n) is 2.47. The highest BCUT2D eigenvalue weighted by molar-refractivity contribution is 7.68. The lowest BCUT2D eigenvalue weighted by Crippen LogP contribution is -2.74. The van der Waals surface area contributed by atoms with Gasteiger partial charge in [-0.25, -0.2) is 0 Å². The predicted molar refractivity (Wildman–Crippen MR) is 77.5 cm³/mol. The van der Waals surface area contributed by atoms with E-state index in [9.17, 15) is 0 Å². The predicted octanol–water partition coefficient (Wildman–Crippen LogP) is 3.43. The van der Waals surface area contributed by atoms with E-state index in [1.54, 1.807) is 0 Å². The van der Waals surface area contributed by atoms with Crippen molar-refractivity contribution in [1.82, 2.24) is 6.64 Å². The van der Waals surface area contributed by atoms with Crippen molar-refractivity contribution in [2.75, 3.05) is 0 Å². The summed E-state index contributed by atoms with van der Waals surface area (Å²) in [7, 11) is 10.9. The normalized spacial score (nSPS) is 24.9. The van der Waals surface area contributed by atoms with Crippen LogP contribution in [0.1, 0.15) is 0 Å². The highest BCUT2D eigenvalue weighted by atomic mass is 35.7. The Morgan fingerprint density at radius 1 is 0.857 bits per heavy atom. The van der Waals surface area contributed by atoms with Gasteiger partial charge in [-0.05, 0) is 0 Å². The van der Waals surface area contributed by atoms with Gasteiger partial charge in [-0.2, -0.15) is 0 Å². The number of halogens is 2. The van der Waals surface area contributed by atoms with E-state index in [4.69, 9.17) is 20.1 Å². The molecule has 8 heteroatoms. The molecule has 1 aliphatic rings. The van der Waals surface area contributed by atoms with E-state index in [0.29, 0.717) is 0 Å². The number of rotatable bonds is 2. The highest BCUT2D eigenvalue weighted by Crippen LogP contribution is 2.56. The van der Waals surface area contributed by atoms with E-state index in [-0.39, 0.29) is 8.88 Å².